The Hall–Kier alpha value is -2.73. The molecule has 0 radical (unpaired) electrons. The van der Waals surface area contributed by atoms with Crippen LogP contribution in [0.5, 0.6) is 0 Å². The van der Waals surface area contributed by atoms with Crippen LogP contribution in [0.4, 0.5) is 11.6 Å². The summed E-state index contributed by atoms with van der Waals surface area (Å²) in [5.74, 6) is 4.51. The highest BCUT2D eigenvalue weighted by Gasteiger charge is 2.39. The van der Waals surface area contributed by atoms with E-state index in [-0.39, 0.29) is 11.9 Å². The molecule has 0 saturated carbocycles. The average Bonchev–Trinajstić information content (AvgIpc) is 3.57. The van der Waals surface area contributed by atoms with Crippen LogP contribution in [0.1, 0.15) is 38.5 Å². The van der Waals surface area contributed by atoms with Crippen LogP contribution in [-0.2, 0) is 9.53 Å². The lowest BCUT2D eigenvalue weighted by molar-refractivity contribution is -0.122. The van der Waals surface area contributed by atoms with Crippen LogP contribution < -0.4 is 15.1 Å². The summed E-state index contributed by atoms with van der Waals surface area (Å²) in [5, 5.41) is 11.4. The first-order valence-electron chi connectivity index (χ1n) is 10.7. The maximum Gasteiger partial charge on any atom is 0.220 e. The van der Waals surface area contributed by atoms with Crippen molar-refractivity contribution in [3.8, 4) is 12.3 Å². The quantitative estimate of drug-likeness (QED) is 0.655. The highest BCUT2D eigenvalue weighted by atomic mass is 16.5. The smallest absolute Gasteiger partial charge is 0.220 e. The fourth-order valence-corrected chi connectivity index (χ4v) is 4.06. The number of morpholine rings is 1. The third-order valence-corrected chi connectivity index (χ3v) is 5.89. The molecule has 2 saturated heterocycles. The van der Waals surface area contributed by atoms with Gasteiger partial charge in [-0.25, -0.2) is 9.97 Å². The maximum absolute atomic E-state index is 12.5. The van der Waals surface area contributed by atoms with E-state index in [1.165, 1.54) is 0 Å². The Balaban J connectivity index is 1.28. The van der Waals surface area contributed by atoms with Crippen LogP contribution in [0, 0.1) is 12.3 Å². The Morgan fingerprint density at radius 2 is 1.97 bits per heavy atom. The normalized spacial score (nSPS) is 22.4. The van der Waals surface area contributed by atoms with Crippen molar-refractivity contribution in [1.82, 2.24) is 15.3 Å². The molecule has 1 aromatic rings. The Bertz CT molecular complexity index is 810. The minimum atomic E-state index is -0.404. The number of hydrogen-bond acceptors (Lipinski definition) is 8. The van der Waals surface area contributed by atoms with Gasteiger partial charge in [0.15, 0.2) is 5.66 Å². The Labute approximate surface area is 177 Å². The lowest BCUT2D eigenvalue weighted by Crippen LogP contribution is -2.48. The Kier molecular flexibility index (Phi) is 6.43. The lowest BCUT2D eigenvalue weighted by atomic mass is 10.0. The van der Waals surface area contributed by atoms with Gasteiger partial charge in [0.25, 0.3) is 0 Å². The van der Waals surface area contributed by atoms with Gasteiger partial charge in [-0.3, -0.25) is 4.79 Å². The van der Waals surface area contributed by atoms with Gasteiger partial charge < -0.3 is 19.9 Å². The highest BCUT2D eigenvalue weighted by molar-refractivity contribution is 5.76. The number of nitrogens with zero attached hydrogens (tertiary/aromatic N) is 6. The molecule has 1 N–H and O–H groups in total. The topological polar surface area (TPSA) is 95.3 Å². The van der Waals surface area contributed by atoms with E-state index in [9.17, 15) is 4.79 Å². The predicted octanol–water partition coefficient (Wildman–Crippen LogP) is 1.75. The van der Waals surface area contributed by atoms with Crippen molar-refractivity contribution in [2.75, 3.05) is 49.2 Å². The second-order valence-corrected chi connectivity index (χ2v) is 8.07. The van der Waals surface area contributed by atoms with Gasteiger partial charge in [-0.1, -0.05) is 0 Å². The van der Waals surface area contributed by atoms with Crippen LogP contribution in [0.2, 0.25) is 0 Å². The van der Waals surface area contributed by atoms with E-state index < -0.39 is 5.66 Å². The molecule has 4 rings (SSSR count). The van der Waals surface area contributed by atoms with Gasteiger partial charge in [0.1, 0.15) is 18.0 Å². The maximum atomic E-state index is 12.5. The molecule has 1 aromatic heterocycles. The summed E-state index contributed by atoms with van der Waals surface area (Å²) >= 11 is 0. The fraction of sp³-hybridized carbons (Fsp3) is 0.667. The molecule has 4 heterocycles. The molecule has 1 atom stereocenters. The molecule has 30 heavy (non-hydrogen) atoms. The van der Waals surface area contributed by atoms with Crippen molar-refractivity contribution in [2.45, 2.75) is 50.2 Å². The van der Waals surface area contributed by atoms with E-state index >= 15 is 0 Å². The average molecular weight is 412 g/mol. The molecule has 0 aliphatic carbocycles. The summed E-state index contributed by atoms with van der Waals surface area (Å²) in [5.41, 5.74) is -0.404. The van der Waals surface area contributed by atoms with Crippen molar-refractivity contribution in [3.05, 3.63) is 12.4 Å². The standard InChI is InChI=1S/C21H29N7O2/c1-2-3-7-21(25-26-21)8-6-20(29)24-17-5-4-9-28(15-17)19-14-18(22-16-23-19)27-10-12-30-13-11-27/h1,14,16-17H,3-13,15H2,(H,24,29). The van der Waals surface area contributed by atoms with Crippen LogP contribution in [0.3, 0.4) is 0 Å². The van der Waals surface area contributed by atoms with Gasteiger partial charge >= 0.3 is 0 Å². The number of carbonyl (C=O) groups is 1. The molecular weight excluding hydrogens is 382 g/mol. The van der Waals surface area contributed by atoms with Gasteiger partial charge in [0.05, 0.1) is 13.2 Å². The number of amides is 1. The first-order valence-corrected chi connectivity index (χ1v) is 10.7. The SMILES string of the molecule is C#CCCC1(CCC(=O)NC2CCCN(c3cc(N4CCOCC4)ncn3)C2)N=N1. The number of piperidine rings is 1. The minimum absolute atomic E-state index is 0.0518. The molecule has 160 valence electrons. The monoisotopic (exact) mass is 411 g/mol. The van der Waals surface area contributed by atoms with E-state index in [1.807, 2.05) is 6.07 Å². The van der Waals surface area contributed by atoms with E-state index in [2.05, 4.69) is 41.2 Å². The summed E-state index contributed by atoms with van der Waals surface area (Å²) in [6.45, 7) is 4.82. The summed E-state index contributed by atoms with van der Waals surface area (Å²) < 4.78 is 5.43. The molecule has 3 aliphatic rings. The third kappa shape index (κ3) is 5.25. The lowest BCUT2D eigenvalue weighted by Gasteiger charge is -2.34. The molecule has 9 heteroatoms. The van der Waals surface area contributed by atoms with Crippen molar-refractivity contribution in [3.63, 3.8) is 0 Å². The van der Waals surface area contributed by atoms with Crippen molar-refractivity contribution in [2.24, 2.45) is 10.2 Å². The number of rotatable bonds is 8. The van der Waals surface area contributed by atoms with Crippen LogP contribution in [-0.4, -0.2) is 67.0 Å². The molecule has 3 aliphatic heterocycles. The number of ether oxygens (including phenoxy) is 1. The zero-order chi connectivity index (χ0) is 20.8. The molecule has 1 amide bonds. The van der Waals surface area contributed by atoms with E-state index in [1.54, 1.807) is 6.33 Å². The zero-order valence-electron chi connectivity index (χ0n) is 17.3. The molecule has 1 unspecified atom stereocenters. The molecule has 9 nitrogen and oxygen atoms in total. The molecule has 0 bridgehead atoms. The Morgan fingerprint density at radius 3 is 2.70 bits per heavy atom. The summed E-state index contributed by atoms with van der Waals surface area (Å²) in [6.07, 6.45) is 11.3. The number of carbonyl (C=O) groups excluding carboxylic acids is 1. The van der Waals surface area contributed by atoms with Crippen molar-refractivity contribution >= 4 is 17.5 Å². The first-order chi connectivity index (χ1) is 14.7. The summed E-state index contributed by atoms with van der Waals surface area (Å²) in [4.78, 5) is 25.8. The molecule has 2 fully saturated rings. The minimum Gasteiger partial charge on any atom is -0.378 e. The molecular formula is C21H29N7O2. The van der Waals surface area contributed by atoms with Crippen molar-refractivity contribution < 1.29 is 9.53 Å². The van der Waals surface area contributed by atoms with E-state index in [0.717, 1.165) is 70.3 Å². The third-order valence-electron chi connectivity index (χ3n) is 5.89. The second-order valence-electron chi connectivity index (χ2n) is 8.07. The predicted molar refractivity (Wildman–Crippen MR) is 113 cm³/mol. The number of hydrogen-bond donors (Lipinski definition) is 1. The van der Waals surface area contributed by atoms with E-state index in [4.69, 9.17) is 11.2 Å². The van der Waals surface area contributed by atoms with Gasteiger partial charge in [-0.2, -0.15) is 10.2 Å². The number of terminal acetylenes is 1. The van der Waals surface area contributed by atoms with Crippen LogP contribution >= 0.6 is 0 Å². The molecule has 0 aromatic carbocycles. The molecule has 0 spiro atoms. The number of aromatic nitrogens is 2. The van der Waals surface area contributed by atoms with Crippen LogP contribution in [0.25, 0.3) is 0 Å². The fourth-order valence-electron chi connectivity index (χ4n) is 4.06. The van der Waals surface area contributed by atoms with Gasteiger partial charge in [-0.15, -0.1) is 12.3 Å². The Morgan fingerprint density at radius 1 is 1.20 bits per heavy atom. The zero-order valence-corrected chi connectivity index (χ0v) is 17.3. The van der Waals surface area contributed by atoms with Gasteiger partial charge in [0, 0.05) is 64.0 Å². The summed E-state index contributed by atoms with van der Waals surface area (Å²) in [7, 11) is 0. The number of nitrogens with one attached hydrogen (secondary N) is 1. The second kappa shape index (κ2) is 9.39. The first kappa shape index (κ1) is 20.5. The summed E-state index contributed by atoms with van der Waals surface area (Å²) in [6, 6.07) is 2.16. The highest BCUT2D eigenvalue weighted by Crippen LogP contribution is 2.37. The number of anilines is 2. The van der Waals surface area contributed by atoms with Gasteiger partial charge in [0.2, 0.25) is 5.91 Å². The van der Waals surface area contributed by atoms with Crippen molar-refractivity contribution in [1.29, 1.82) is 0 Å². The van der Waals surface area contributed by atoms with E-state index in [0.29, 0.717) is 19.3 Å². The van der Waals surface area contributed by atoms with Gasteiger partial charge in [-0.05, 0) is 12.8 Å². The van der Waals surface area contributed by atoms with Crippen LogP contribution in [0.15, 0.2) is 22.6 Å². The largest absolute Gasteiger partial charge is 0.378 e.